The van der Waals surface area contributed by atoms with E-state index in [1.165, 1.54) is 25.1 Å². The van der Waals surface area contributed by atoms with Crippen LogP contribution in [-0.4, -0.2) is 30.6 Å². The zero-order valence-corrected chi connectivity index (χ0v) is 14.5. The SMILES string of the molecule is CCOC(=O)c1ccc(NC(=O)C(C)OC(=O)c2cccc(N)c2)cc1. The molecule has 1 amide bonds. The summed E-state index contributed by atoms with van der Waals surface area (Å²) in [7, 11) is 0. The van der Waals surface area contributed by atoms with Crippen molar-refractivity contribution in [2.45, 2.75) is 20.0 Å². The van der Waals surface area contributed by atoms with E-state index in [2.05, 4.69) is 5.32 Å². The van der Waals surface area contributed by atoms with E-state index in [4.69, 9.17) is 15.2 Å². The predicted octanol–water partition coefficient (Wildman–Crippen LogP) is 2.63. The molecule has 0 aliphatic carbocycles. The summed E-state index contributed by atoms with van der Waals surface area (Å²) < 4.78 is 10.0. The predicted molar refractivity (Wildman–Crippen MR) is 96.8 cm³/mol. The van der Waals surface area contributed by atoms with E-state index in [0.29, 0.717) is 16.9 Å². The van der Waals surface area contributed by atoms with E-state index in [9.17, 15) is 14.4 Å². The van der Waals surface area contributed by atoms with Crippen LogP contribution in [0.1, 0.15) is 34.6 Å². The zero-order chi connectivity index (χ0) is 19.1. The lowest BCUT2D eigenvalue weighted by atomic mass is 10.2. The number of rotatable bonds is 6. The van der Waals surface area contributed by atoms with Gasteiger partial charge in [0.25, 0.3) is 5.91 Å². The number of esters is 2. The number of ether oxygens (including phenoxy) is 2. The Kier molecular flexibility index (Phi) is 6.32. The first-order chi connectivity index (χ1) is 12.4. The topological polar surface area (TPSA) is 108 Å². The Bertz CT molecular complexity index is 802. The second kappa shape index (κ2) is 8.66. The summed E-state index contributed by atoms with van der Waals surface area (Å²) in [4.78, 5) is 35.8. The van der Waals surface area contributed by atoms with Crippen molar-refractivity contribution in [2.24, 2.45) is 0 Å². The van der Waals surface area contributed by atoms with Crippen LogP contribution in [0.4, 0.5) is 11.4 Å². The third-order valence-electron chi connectivity index (χ3n) is 3.44. The molecule has 0 aliphatic heterocycles. The molecule has 7 heteroatoms. The van der Waals surface area contributed by atoms with Crippen molar-refractivity contribution < 1.29 is 23.9 Å². The Morgan fingerprint density at radius 1 is 1.04 bits per heavy atom. The van der Waals surface area contributed by atoms with Crippen LogP contribution >= 0.6 is 0 Å². The molecule has 136 valence electrons. The first-order valence-electron chi connectivity index (χ1n) is 8.05. The molecule has 1 unspecified atom stereocenters. The van der Waals surface area contributed by atoms with Gasteiger partial charge in [0, 0.05) is 11.4 Å². The number of benzene rings is 2. The lowest BCUT2D eigenvalue weighted by molar-refractivity contribution is -0.123. The minimum atomic E-state index is -1.01. The van der Waals surface area contributed by atoms with Crippen molar-refractivity contribution in [3.05, 3.63) is 59.7 Å². The lowest BCUT2D eigenvalue weighted by Gasteiger charge is -2.14. The Morgan fingerprint density at radius 2 is 1.73 bits per heavy atom. The molecule has 26 heavy (non-hydrogen) atoms. The maximum atomic E-state index is 12.2. The highest BCUT2D eigenvalue weighted by Gasteiger charge is 2.19. The third kappa shape index (κ3) is 5.07. The molecule has 0 heterocycles. The fourth-order valence-electron chi connectivity index (χ4n) is 2.10. The van der Waals surface area contributed by atoms with Gasteiger partial charge in [-0.15, -0.1) is 0 Å². The van der Waals surface area contributed by atoms with Gasteiger partial charge < -0.3 is 20.5 Å². The van der Waals surface area contributed by atoms with E-state index in [1.807, 2.05) is 0 Å². The van der Waals surface area contributed by atoms with Gasteiger partial charge >= 0.3 is 11.9 Å². The highest BCUT2D eigenvalue weighted by atomic mass is 16.5. The molecule has 2 aromatic carbocycles. The van der Waals surface area contributed by atoms with Gasteiger partial charge in [-0.05, 0) is 56.3 Å². The number of hydrogen-bond acceptors (Lipinski definition) is 6. The number of anilines is 2. The number of amides is 1. The van der Waals surface area contributed by atoms with E-state index < -0.39 is 23.9 Å². The average molecular weight is 356 g/mol. The van der Waals surface area contributed by atoms with Gasteiger partial charge in [-0.3, -0.25) is 4.79 Å². The Labute approximate surface area is 151 Å². The van der Waals surface area contributed by atoms with E-state index in [-0.39, 0.29) is 12.2 Å². The Balaban J connectivity index is 1.94. The second-order valence-corrected chi connectivity index (χ2v) is 5.46. The van der Waals surface area contributed by atoms with Gasteiger partial charge in [-0.25, -0.2) is 9.59 Å². The molecule has 0 saturated carbocycles. The van der Waals surface area contributed by atoms with Crippen LogP contribution in [0, 0.1) is 0 Å². The number of nitrogen functional groups attached to an aromatic ring is 1. The first kappa shape index (κ1) is 19.0. The smallest absolute Gasteiger partial charge is 0.338 e. The summed E-state index contributed by atoms with van der Waals surface area (Å²) in [5.41, 5.74) is 7.17. The van der Waals surface area contributed by atoms with Gasteiger partial charge in [0.1, 0.15) is 0 Å². The summed E-state index contributed by atoms with van der Waals surface area (Å²) in [5, 5.41) is 2.62. The van der Waals surface area contributed by atoms with Gasteiger partial charge in [0.2, 0.25) is 0 Å². The van der Waals surface area contributed by atoms with Crippen LogP contribution in [0.2, 0.25) is 0 Å². The van der Waals surface area contributed by atoms with Gasteiger partial charge in [-0.2, -0.15) is 0 Å². The minimum Gasteiger partial charge on any atom is -0.462 e. The molecule has 7 nitrogen and oxygen atoms in total. The summed E-state index contributed by atoms with van der Waals surface area (Å²) in [6.45, 7) is 3.47. The summed E-state index contributed by atoms with van der Waals surface area (Å²) in [6.07, 6.45) is -1.01. The first-order valence-corrected chi connectivity index (χ1v) is 8.05. The standard InChI is InChI=1S/C19H20N2O5/c1-3-25-18(23)13-7-9-16(10-8-13)21-17(22)12(2)26-19(24)14-5-4-6-15(20)11-14/h4-12H,3,20H2,1-2H3,(H,21,22). The third-order valence-corrected chi connectivity index (χ3v) is 3.44. The summed E-state index contributed by atoms with van der Waals surface area (Å²) in [6, 6.07) is 12.5. The van der Waals surface area contributed by atoms with Crippen LogP contribution < -0.4 is 11.1 Å². The molecule has 0 bridgehead atoms. The normalized spacial score (nSPS) is 11.3. The summed E-state index contributed by atoms with van der Waals surface area (Å²) >= 11 is 0. The molecular weight excluding hydrogens is 336 g/mol. The van der Waals surface area contributed by atoms with Crippen molar-refractivity contribution in [1.29, 1.82) is 0 Å². The number of nitrogens with one attached hydrogen (secondary N) is 1. The molecule has 1 atom stereocenters. The van der Waals surface area contributed by atoms with Gasteiger partial charge in [0.15, 0.2) is 6.10 Å². The minimum absolute atomic E-state index is 0.267. The van der Waals surface area contributed by atoms with Gasteiger partial charge in [0.05, 0.1) is 17.7 Å². The molecule has 2 rings (SSSR count). The maximum absolute atomic E-state index is 12.2. The maximum Gasteiger partial charge on any atom is 0.338 e. The molecule has 0 spiro atoms. The lowest BCUT2D eigenvalue weighted by Crippen LogP contribution is -2.30. The second-order valence-electron chi connectivity index (χ2n) is 5.46. The highest BCUT2D eigenvalue weighted by Crippen LogP contribution is 2.13. The molecule has 2 aromatic rings. The molecule has 0 saturated heterocycles. The molecule has 0 radical (unpaired) electrons. The number of nitrogens with two attached hydrogens (primary N) is 1. The average Bonchev–Trinajstić information content (AvgIpc) is 2.62. The Hall–Kier alpha value is -3.35. The van der Waals surface area contributed by atoms with Crippen LogP contribution in [0.15, 0.2) is 48.5 Å². The van der Waals surface area contributed by atoms with Crippen molar-refractivity contribution in [2.75, 3.05) is 17.7 Å². The number of carbonyl (C=O) groups is 3. The molecule has 3 N–H and O–H groups in total. The number of hydrogen-bond donors (Lipinski definition) is 2. The zero-order valence-electron chi connectivity index (χ0n) is 14.5. The van der Waals surface area contributed by atoms with Crippen LogP contribution in [-0.2, 0) is 14.3 Å². The number of carbonyl (C=O) groups excluding carboxylic acids is 3. The Morgan fingerprint density at radius 3 is 2.35 bits per heavy atom. The van der Waals surface area contributed by atoms with Crippen LogP contribution in [0.3, 0.4) is 0 Å². The van der Waals surface area contributed by atoms with E-state index >= 15 is 0 Å². The highest BCUT2D eigenvalue weighted by molar-refractivity contribution is 5.98. The molecule has 0 fully saturated rings. The molecular formula is C19H20N2O5. The van der Waals surface area contributed by atoms with Gasteiger partial charge in [-0.1, -0.05) is 6.07 Å². The fourth-order valence-corrected chi connectivity index (χ4v) is 2.10. The van der Waals surface area contributed by atoms with Crippen molar-refractivity contribution >= 4 is 29.2 Å². The largest absolute Gasteiger partial charge is 0.462 e. The fraction of sp³-hybridized carbons (Fsp3) is 0.211. The summed E-state index contributed by atoms with van der Waals surface area (Å²) in [5.74, 6) is -1.57. The van der Waals surface area contributed by atoms with Crippen LogP contribution in [0.5, 0.6) is 0 Å². The van der Waals surface area contributed by atoms with E-state index in [0.717, 1.165) is 0 Å². The van der Waals surface area contributed by atoms with Crippen molar-refractivity contribution in [3.8, 4) is 0 Å². The van der Waals surface area contributed by atoms with Crippen LogP contribution in [0.25, 0.3) is 0 Å². The molecule has 0 aromatic heterocycles. The molecule has 0 aliphatic rings. The quantitative estimate of drug-likeness (QED) is 0.608. The van der Waals surface area contributed by atoms with Crippen molar-refractivity contribution in [3.63, 3.8) is 0 Å². The van der Waals surface area contributed by atoms with Crippen molar-refractivity contribution in [1.82, 2.24) is 0 Å². The monoisotopic (exact) mass is 356 g/mol. The van der Waals surface area contributed by atoms with E-state index in [1.54, 1.807) is 37.3 Å².